The van der Waals surface area contributed by atoms with Gasteiger partial charge in [0.15, 0.2) is 5.17 Å². The van der Waals surface area contributed by atoms with Crippen LogP contribution in [-0.2, 0) is 11.3 Å². The molecule has 148 valence electrons. The predicted molar refractivity (Wildman–Crippen MR) is 118 cm³/mol. The summed E-state index contributed by atoms with van der Waals surface area (Å²) in [6, 6.07) is 12.7. The van der Waals surface area contributed by atoms with Crippen molar-refractivity contribution in [3.63, 3.8) is 0 Å². The Morgan fingerprint density at radius 3 is 2.93 bits per heavy atom. The lowest BCUT2D eigenvalue weighted by atomic mass is 10.2. The highest BCUT2D eigenvalue weighted by molar-refractivity contribution is 8.13. The number of benzene rings is 2. The van der Waals surface area contributed by atoms with Crippen molar-refractivity contribution in [1.29, 1.82) is 0 Å². The van der Waals surface area contributed by atoms with Crippen LogP contribution in [0.4, 0.5) is 5.69 Å². The van der Waals surface area contributed by atoms with E-state index in [-0.39, 0.29) is 18.0 Å². The summed E-state index contributed by atoms with van der Waals surface area (Å²) in [6.07, 6.45) is 2.30. The third-order valence-electron chi connectivity index (χ3n) is 4.71. The highest BCUT2D eigenvalue weighted by Crippen LogP contribution is 2.26. The minimum absolute atomic E-state index is 0.0785. The van der Waals surface area contributed by atoms with E-state index < -0.39 is 0 Å². The summed E-state index contributed by atoms with van der Waals surface area (Å²) in [6.45, 7) is 2.42. The number of aliphatic imine (C=N–C) groups is 1. The fourth-order valence-electron chi connectivity index (χ4n) is 3.10. The zero-order valence-corrected chi connectivity index (χ0v) is 17.4. The number of amides is 1. The predicted octanol–water partition coefficient (Wildman–Crippen LogP) is 4.01. The SMILES string of the molecule is Cc1ccc(N=C2SCCCN2C(=O)Cn2cnc3ccccc3c2=O)cc1Cl. The van der Waals surface area contributed by atoms with Gasteiger partial charge in [-0.3, -0.25) is 19.1 Å². The summed E-state index contributed by atoms with van der Waals surface area (Å²) >= 11 is 7.73. The zero-order valence-electron chi connectivity index (χ0n) is 15.8. The van der Waals surface area contributed by atoms with Crippen molar-refractivity contribution in [3.05, 3.63) is 69.7 Å². The second-order valence-corrected chi connectivity index (χ2v) is 8.24. The molecule has 0 radical (unpaired) electrons. The summed E-state index contributed by atoms with van der Waals surface area (Å²) in [5.41, 5.74) is 2.07. The third-order valence-corrected chi connectivity index (χ3v) is 6.18. The van der Waals surface area contributed by atoms with Gasteiger partial charge in [0.2, 0.25) is 5.91 Å². The number of hydrogen-bond donors (Lipinski definition) is 0. The number of aryl methyl sites for hydroxylation is 1. The number of hydrogen-bond acceptors (Lipinski definition) is 5. The maximum atomic E-state index is 13.0. The van der Waals surface area contributed by atoms with Gasteiger partial charge in [-0.2, -0.15) is 0 Å². The van der Waals surface area contributed by atoms with Crippen molar-refractivity contribution in [1.82, 2.24) is 14.5 Å². The first-order chi connectivity index (χ1) is 14.0. The molecule has 6 nitrogen and oxygen atoms in total. The Hall–Kier alpha value is -2.64. The zero-order chi connectivity index (χ0) is 20.4. The lowest BCUT2D eigenvalue weighted by molar-refractivity contribution is -0.128. The number of para-hydroxylation sites is 1. The van der Waals surface area contributed by atoms with E-state index in [1.807, 2.05) is 25.1 Å². The summed E-state index contributed by atoms with van der Waals surface area (Å²) < 4.78 is 1.35. The molecule has 1 fully saturated rings. The Morgan fingerprint density at radius 2 is 2.10 bits per heavy atom. The number of nitrogens with zero attached hydrogens (tertiary/aromatic N) is 4. The number of fused-ring (bicyclic) bond motifs is 1. The minimum Gasteiger partial charge on any atom is -0.290 e. The molecule has 1 aromatic heterocycles. The van der Waals surface area contributed by atoms with Crippen LogP contribution in [0.15, 0.2) is 58.6 Å². The molecule has 0 spiro atoms. The number of aromatic nitrogens is 2. The fraction of sp³-hybridized carbons (Fsp3) is 0.238. The van der Waals surface area contributed by atoms with Crippen LogP contribution < -0.4 is 5.56 Å². The molecule has 0 unspecified atom stereocenters. The molecule has 3 aromatic rings. The van der Waals surface area contributed by atoms with E-state index in [9.17, 15) is 9.59 Å². The van der Waals surface area contributed by atoms with Crippen molar-refractivity contribution in [2.75, 3.05) is 12.3 Å². The molecule has 0 N–H and O–H groups in total. The standard InChI is InChI=1S/C21H19ClN4O2S/c1-14-7-8-15(11-17(14)22)24-21-26(9-4-10-29-21)19(27)12-25-13-23-18-6-3-2-5-16(18)20(25)28/h2-3,5-8,11,13H,4,9-10,12H2,1H3. The molecule has 0 atom stereocenters. The van der Waals surface area contributed by atoms with Gasteiger partial charge in [0.25, 0.3) is 5.56 Å². The van der Waals surface area contributed by atoms with Crippen LogP contribution in [-0.4, -0.2) is 37.8 Å². The number of thioether (sulfide) groups is 1. The molecular formula is C21H19ClN4O2S. The van der Waals surface area contributed by atoms with E-state index >= 15 is 0 Å². The van der Waals surface area contributed by atoms with Gasteiger partial charge in [-0.05, 0) is 43.2 Å². The normalized spacial score (nSPS) is 15.8. The van der Waals surface area contributed by atoms with Gasteiger partial charge >= 0.3 is 0 Å². The molecule has 2 heterocycles. The lowest BCUT2D eigenvalue weighted by Gasteiger charge is -2.28. The van der Waals surface area contributed by atoms with Gasteiger partial charge in [-0.25, -0.2) is 9.98 Å². The summed E-state index contributed by atoms with van der Waals surface area (Å²) in [4.78, 5) is 36.2. The first-order valence-corrected chi connectivity index (χ1v) is 10.6. The third kappa shape index (κ3) is 4.21. The van der Waals surface area contributed by atoms with Crippen molar-refractivity contribution in [2.24, 2.45) is 4.99 Å². The van der Waals surface area contributed by atoms with E-state index in [4.69, 9.17) is 11.6 Å². The summed E-state index contributed by atoms with van der Waals surface area (Å²) in [5, 5.41) is 1.77. The summed E-state index contributed by atoms with van der Waals surface area (Å²) in [7, 11) is 0. The van der Waals surface area contributed by atoms with Crippen molar-refractivity contribution in [3.8, 4) is 0 Å². The Morgan fingerprint density at radius 1 is 1.28 bits per heavy atom. The highest BCUT2D eigenvalue weighted by Gasteiger charge is 2.24. The number of carbonyl (C=O) groups excluding carboxylic acids is 1. The molecule has 0 saturated carbocycles. The van der Waals surface area contributed by atoms with E-state index in [0.717, 1.165) is 17.7 Å². The average molecular weight is 427 g/mol. The van der Waals surface area contributed by atoms with E-state index in [2.05, 4.69) is 9.98 Å². The molecule has 4 rings (SSSR count). The maximum Gasteiger partial charge on any atom is 0.261 e. The van der Waals surface area contributed by atoms with E-state index in [1.165, 1.54) is 22.7 Å². The van der Waals surface area contributed by atoms with Crippen LogP contribution >= 0.6 is 23.4 Å². The van der Waals surface area contributed by atoms with Gasteiger partial charge in [0.1, 0.15) is 6.54 Å². The smallest absolute Gasteiger partial charge is 0.261 e. The second-order valence-electron chi connectivity index (χ2n) is 6.77. The first-order valence-electron chi connectivity index (χ1n) is 9.25. The topological polar surface area (TPSA) is 67.6 Å². The first kappa shape index (κ1) is 19.7. The molecule has 1 aliphatic heterocycles. The largest absolute Gasteiger partial charge is 0.290 e. The van der Waals surface area contributed by atoms with Crippen LogP contribution in [0.25, 0.3) is 10.9 Å². The van der Waals surface area contributed by atoms with Gasteiger partial charge in [-0.1, -0.05) is 41.6 Å². The van der Waals surface area contributed by atoms with Crippen LogP contribution in [0, 0.1) is 6.92 Å². The lowest BCUT2D eigenvalue weighted by Crippen LogP contribution is -2.42. The molecule has 0 bridgehead atoms. The quantitative estimate of drug-likeness (QED) is 0.634. The van der Waals surface area contributed by atoms with Crippen molar-refractivity contribution >= 4 is 51.0 Å². The monoisotopic (exact) mass is 426 g/mol. The Labute approximate surface area is 177 Å². The van der Waals surface area contributed by atoms with Gasteiger partial charge in [-0.15, -0.1) is 0 Å². The van der Waals surface area contributed by atoms with Crippen LogP contribution in [0.1, 0.15) is 12.0 Å². The van der Waals surface area contributed by atoms with Crippen molar-refractivity contribution in [2.45, 2.75) is 19.9 Å². The van der Waals surface area contributed by atoms with Crippen LogP contribution in [0.3, 0.4) is 0 Å². The summed E-state index contributed by atoms with van der Waals surface area (Å²) in [5.74, 6) is 0.702. The molecular weight excluding hydrogens is 408 g/mol. The maximum absolute atomic E-state index is 13.0. The van der Waals surface area contributed by atoms with Gasteiger partial charge in [0.05, 0.1) is 22.9 Å². The van der Waals surface area contributed by atoms with Crippen molar-refractivity contribution < 1.29 is 4.79 Å². The van der Waals surface area contributed by atoms with Gasteiger partial charge < -0.3 is 0 Å². The number of amidine groups is 1. The molecule has 0 aliphatic carbocycles. The van der Waals surface area contributed by atoms with Gasteiger partial charge in [0, 0.05) is 17.3 Å². The Balaban J connectivity index is 1.61. The molecule has 29 heavy (non-hydrogen) atoms. The van der Waals surface area contributed by atoms with Crippen LogP contribution in [0.2, 0.25) is 5.02 Å². The highest BCUT2D eigenvalue weighted by atomic mass is 35.5. The molecule has 8 heteroatoms. The minimum atomic E-state index is -0.225. The fourth-order valence-corrected chi connectivity index (χ4v) is 4.24. The number of carbonyl (C=O) groups is 1. The molecule has 2 aromatic carbocycles. The van der Waals surface area contributed by atoms with Crippen LogP contribution in [0.5, 0.6) is 0 Å². The Bertz CT molecular complexity index is 1170. The number of rotatable bonds is 3. The Kier molecular flexibility index (Phi) is 5.69. The molecule has 1 aliphatic rings. The van der Waals surface area contributed by atoms with E-state index in [1.54, 1.807) is 29.2 Å². The van der Waals surface area contributed by atoms with E-state index in [0.29, 0.717) is 33.3 Å². The number of halogens is 1. The molecule has 1 saturated heterocycles. The second kappa shape index (κ2) is 8.39. The molecule has 1 amide bonds. The average Bonchev–Trinajstić information content (AvgIpc) is 2.73.